The molecule has 0 aliphatic carbocycles. The van der Waals surface area contributed by atoms with Gasteiger partial charge in [0.2, 0.25) is 0 Å². The summed E-state index contributed by atoms with van der Waals surface area (Å²) in [7, 11) is 0. The topological polar surface area (TPSA) is 71.5 Å². The molecule has 2 heterocycles. The van der Waals surface area contributed by atoms with E-state index >= 15 is 0 Å². The van der Waals surface area contributed by atoms with E-state index < -0.39 is 33.7 Å². The lowest BCUT2D eigenvalue weighted by molar-refractivity contribution is -0.669. The largest absolute Gasteiger partial charge is 0.473 e. The van der Waals surface area contributed by atoms with Crippen LogP contribution in [0.15, 0.2) is 24.3 Å². The normalized spacial score (nSPS) is 24.0. The minimum atomic E-state index is -1.03. The Morgan fingerprint density at radius 1 is 1.00 bits per heavy atom. The van der Waals surface area contributed by atoms with E-state index in [1.165, 1.54) is 6.92 Å². The number of carbonyl (C=O) groups is 4. The summed E-state index contributed by atoms with van der Waals surface area (Å²) >= 11 is 4.98. The van der Waals surface area contributed by atoms with Gasteiger partial charge in [-0.1, -0.05) is 0 Å². The van der Waals surface area contributed by atoms with Crippen LogP contribution in [0.5, 0.6) is 0 Å². The van der Waals surface area contributed by atoms with Crippen molar-refractivity contribution in [1.82, 2.24) is 4.90 Å². The van der Waals surface area contributed by atoms with Gasteiger partial charge in [0, 0.05) is 19.1 Å². The Kier molecular flexibility index (Phi) is 2.52. The second-order valence-corrected chi connectivity index (χ2v) is 4.26. The van der Waals surface area contributed by atoms with E-state index in [9.17, 15) is 19.2 Å². The zero-order valence-electron chi connectivity index (χ0n) is 8.82. The fourth-order valence-corrected chi connectivity index (χ4v) is 2.00. The van der Waals surface area contributed by atoms with Crippen molar-refractivity contribution in [2.24, 2.45) is 0 Å². The minimum absolute atomic E-state index is 0.572. The molecule has 88 valence electrons. The first-order valence-corrected chi connectivity index (χ1v) is 5.17. The SMILES string of the molecule is CC(N1C(=O)C=CC1=O)[N+]1([S-])C(=O)C=CC1=O. The molecule has 0 N–H and O–H groups in total. The molecule has 6 nitrogen and oxygen atoms in total. The molecule has 0 bridgehead atoms. The maximum absolute atomic E-state index is 11.6. The maximum atomic E-state index is 11.6. The summed E-state index contributed by atoms with van der Waals surface area (Å²) in [5.74, 6) is -2.38. The summed E-state index contributed by atoms with van der Waals surface area (Å²) < 4.78 is -1.03. The zero-order valence-corrected chi connectivity index (χ0v) is 9.64. The summed E-state index contributed by atoms with van der Waals surface area (Å²) in [4.78, 5) is 46.9. The molecule has 0 aromatic rings. The monoisotopic (exact) mass is 252 g/mol. The zero-order chi connectivity index (χ0) is 12.8. The Bertz CT molecular complexity index is 472. The number of rotatable bonds is 2. The number of imide groups is 2. The van der Waals surface area contributed by atoms with Gasteiger partial charge in [-0.15, -0.1) is 0 Å². The summed E-state index contributed by atoms with van der Waals surface area (Å²) in [6.07, 6.45) is 3.25. The number of quaternary nitrogens is 1. The van der Waals surface area contributed by atoms with Gasteiger partial charge in [0.25, 0.3) is 11.8 Å². The first kappa shape index (κ1) is 11.7. The summed E-state index contributed by atoms with van der Waals surface area (Å²) in [6, 6.07) is 0. The lowest BCUT2D eigenvalue weighted by atomic mass is 10.4. The fraction of sp³-hybridized carbons (Fsp3) is 0.200. The predicted molar refractivity (Wildman–Crippen MR) is 57.2 cm³/mol. The van der Waals surface area contributed by atoms with Gasteiger partial charge in [0.15, 0.2) is 6.17 Å². The summed E-state index contributed by atoms with van der Waals surface area (Å²) in [6.45, 7) is 1.40. The van der Waals surface area contributed by atoms with Gasteiger partial charge < -0.3 is 12.8 Å². The third-order valence-corrected chi connectivity index (χ3v) is 3.43. The van der Waals surface area contributed by atoms with Gasteiger partial charge in [-0.05, 0) is 0 Å². The third-order valence-electron chi connectivity index (χ3n) is 2.77. The molecule has 2 aliphatic heterocycles. The van der Waals surface area contributed by atoms with Crippen molar-refractivity contribution in [3.05, 3.63) is 24.3 Å². The number of amides is 4. The minimum Gasteiger partial charge on any atom is -0.473 e. The van der Waals surface area contributed by atoms with E-state index in [0.717, 1.165) is 29.2 Å². The van der Waals surface area contributed by atoms with E-state index in [-0.39, 0.29) is 0 Å². The third kappa shape index (κ3) is 1.47. The summed E-state index contributed by atoms with van der Waals surface area (Å²) in [5.41, 5.74) is 0. The highest BCUT2D eigenvalue weighted by Gasteiger charge is 2.46. The molecule has 4 amide bonds. The van der Waals surface area contributed by atoms with Gasteiger partial charge in [-0.25, -0.2) is 14.5 Å². The van der Waals surface area contributed by atoms with Gasteiger partial charge in [0.1, 0.15) is 0 Å². The molecule has 1 unspecified atom stereocenters. The van der Waals surface area contributed by atoms with Crippen molar-refractivity contribution in [2.45, 2.75) is 13.1 Å². The molecule has 2 aliphatic rings. The van der Waals surface area contributed by atoms with Crippen LogP contribution in [0.3, 0.4) is 0 Å². The molecule has 7 heteroatoms. The molecule has 0 aromatic carbocycles. The van der Waals surface area contributed by atoms with Crippen molar-refractivity contribution in [3.63, 3.8) is 0 Å². The van der Waals surface area contributed by atoms with E-state index in [0.29, 0.717) is 0 Å². The van der Waals surface area contributed by atoms with E-state index in [1.807, 2.05) is 0 Å². The van der Waals surface area contributed by atoms with Crippen LogP contribution in [-0.2, 0) is 32.0 Å². The van der Waals surface area contributed by atoms with Crippen LogP contribution in [0, 0.1) is 0 Å². The molecule has 0 aromatic heterocycles. The molecular weight excluding hydrogens is 244 g/mol. The van der Waals surface area contributed by atoms with Crippen molar-refractivity contribution >= 4 is 36.4 Å². The quantitative estimate of drug-likeness (QED) is 0.364. The van der Waals surface area contributed by atoms with Crippen molar-refractivity contribution in [2.75, 3.05) is 0 Å². The molecule has 0 radical (unpaired) electrons. The molecule has 1 atom stereocenters. The highest BCUT2D eigenvalue weighted by atomic mass is 32.1. The Hall–Kier alpha value is -1.73. The number of carbonyl (C=O) groups excluding carboxylic acids is 4. The maximum Gasteiger partial charge on any atom is 0.330 e. The molecule has 0 spiro atoms. The second kappa shape index (κ2) is 3.64. The lowest BCUT2D eigenvalue weighted by Crippen LogP contribution is -2.62. The molecule has 17 heavy (non-hydrogen) atoms. The highest BCUT2D eigenvalue weighted by Crippen LogP contribution is 2.24. The smallest absolute Gasteiger partial charge is 0.330 e. The Morgan fingerprint density at radius 2 is 1.41 bits per heavy atom. The van der Waals surface area contributed by atoms with Crippen LogP contribution in [0.25, 0.3) is 0 Å². The average molecular weight is 252 g/mol. The molecule has 0 saturated carbocycles. The van der Waals surface area contributed by atoms with Crippen molar-refractivity contribution in [1.29, 1.82) is 0 Å². The molecular formula is C10H8N2O4S. The van der Waals surface area contributed by atoms with Gasteiger partial charge >= 0.3 is 11.8 Å². The predicted octanol–water partition coefficient (Wildman–Crippen LogP) is -0.841. The number of hydrogen-bond acceptors (Lipinski definition) is 5. The van der Waals surface area contributed by atoms with Crippen LogP contribution in [0.1, 0.15) is 6.92 Å². The Labute approximate surface area is 102 Å². The van der Waals surface area contributed by atoms with E-state index in [2.05, 4.69) is 0 Å². The first-order valence-electron chi connectivity index (χ1n) is 4.81. The van der Waals surface area contributed by atoms with E-state index in [4.69, 9.17) is 12.8 Å². The fourth-order valence-electron chi connectivity index (χ4n) is 1.78. The number of hydrogen-bond donors (Lipinski definition) is 0. The number of nitrogens with zero attached hydrogens (tertiary/aromatic N) is 2. The first-order chi connectivity index (χ1) is 7.89. The molecule has 2 rings (SSSR count). The lowest BCUT2D eigenvalue weighted by Gasteiger charge is -2.42. The van der Waals surface area contributed by atoms with Crippen LogP contribution in [0.4, 0.5) is 0 Å². The second-order valence-electron chi connectivity index (χ2n) is 3.68. The van der Waals surface area contributed by atoms with Gasteiger partial charge in [-0.3, -0.25) is 13.5 Å². The standard InChI is InChI=1S/C10H8N2O4S/c1-6(11-7(13)2-3-8(11)14)12(17)9(15)4-5-10(12)16/h2-6H,1H3. The highest BCUT2D eigenvalue weighted by molar-refractivity contribution is 7.53. The van der Waals surface area contributed by atoms with Crippen LogP contribution < -0.4 is 0 Å². The van der Waals surface area contributed by atoms with E-state index in [1.54, 1.807) is 0 Å². The molecule has 0 saturated heterocycles. The Morgan fingerprint density at radius 3 is 1.82 bits per heavy atom. The Balaban J connectivity index is 2.36. The van der Waals surface area contributed by atoms with Crippen LogP contribution in [-0.4, -0.2) is 38.6 Å². The van der Waals surface area contributed by atoms with Gasteiger partial charge in [-0.2, -0.15) is 0 Å². The van der Waals surface area contributed by atoms with Crippen molar-refractivity contribution in [3.8, 4) is 0 Å². The molecule has 0 fully saturated rings. The van der Waals surface area contributed by atoms with Crippen LogP contribution in [0.2, 0.25) is 0 Å². The van der Waals surface area contributed by atoms with Crippen molar-refractivity contribution < 1.29 is 23.1 Å². The average Bonchev–Trinajstić information content (AvgIpc) is 2.74. The summed E-state index contributed by atoms with van der Waals surface area (Å²) in [5, 5.41) is 0. The van der Waals surface area contributed by atoms with Gasteiger partial charge in [0.05, 0.1) is 12.2 Å². The van der Waals surface area contributed by atoms with Crippen LogP contribution >= 0.6 is 0 Å².